The maximum atomic E-state index is 4.77. The summed E-state index contributed by atoms with van der Waals surface area (Å²) >= 11 is 0. The maximum absolute atomic E-state index is 4.77. The van der Waals surface area contributed by atoms with Crippen LogP contribution in [0.25, 0.3) is 22.1 Å². The van der Waals surface area contributed by atoms with Crippen LogP contribution in [0, 0.1) is 0 Å². The fourth-order valence-corrected chi connectivity index (χ4v) is 5.28. The Balaban J connectivity index is 1.54. The minimum Gasteiger partial charge on any atom is -0.254 e. The number of aromatic nitrogens is 5. The second kappa shape index (κ2) is 8.98. The number of hydrogen-bond acceptors (Lipinski definition) is 3. The predicted molar refractivity (Wildman–Crippen MR) is 148 cm³/mol. The Kier molecular flexibility index (Phi) is 6.06. The van der Waals surface area contributed by atoms with Crippen molar-refractivity contribution in [3.8, 4) is 0 Å². The minimum absolute atomic E-state index is 0.0314. The van der Waals surface area contributed by atoms with E-state index in [2.05, 4.69) is 111 Å². The van der Waals surface area contributed by atoms with E-state index < -0.39 is 0 Å². The second-order valence-corrected chi connectivity index (χ2v) is 12.1. The van der Waals surface area contributed by atoms with Gasteiger partial charge in [-0.1, -0.05) is 45.0 Å². The average Bonchev–Trinajstić information content (AvgIpc) is 2.87. The molecule has 3 aromatic heterocycles. The molecule has 0 bridgehead atoms. The smallest absolute Gasteiger partial charge is 0.231 e. The van der Waals surface area contributed by atoms with Gasteiger partial charge in [0.05, 0.1) is 12.4 Å². The fraction of sp³-hybridized carbons (Fsp3) is 0.344. The van der Waals surface area contributed by atoms with Crippen molar-refractivity contribution >= 4 is 22.1 Å². The summed E-state index contributed by atoms with van der Waals surface area (Å²) < 4.78 is 4.61. The lowest BCUT2D eigenvalue weighted by atomic mass is 9.83. The Morgan fingerprint density at radius 3 is 2.22 bits per heavy atom. The summed E-state index contributed by atoms with van der Waals surface area (Å²) in [5, 5.41) is 0. The van der Waals surface area contributed by atoms with Crippen LogP contribution in [-0.2, 0) is 22.9 Å². The van der Waals surface area contributed by atoms with E-state index >= 15 is 0 Å². The SMILES string of the molecule is CC(C)(C)c1cccc2c1ncc[n+]2CC(C)(C)c1ccc2c(c1)ncc[n+]2C(C)(C)c1ccccn1. The van der Waals surface area contributed by atoms with Crippen LogP contribution in [0.5, 0.6) is 0 Å². The molecular weight excluding hydrogens is 454 g/mol. The molecule has 3 heterocycles. The highest BCUT2D eigenvalue weighted by molar-refractivity contribution is 5.76. The van der Waals surface area contributed by atoms with Gasteiger partial charge in [0.25, 0.3) is 0 Å². The lowest BCUT2D eigenvalue weighted by Gasteiger charge is -2.24. The summed E-state index contributed by atoms with van der Waals surface area (Å²) in [5.74, 6) is 0. The molecule has 37 heavy (non-hydrogen) atoms. The molecule has 0 aliphatic carbocycles. The zero-order valence-corrected chi connectivity index (χ0v) is 23.0. The number of nitrogens with zero attached hydrogens (tertiary/aromatic N) is 5. The molecule has 0 aliphatic heterocycles. The number of para-hydroxylation sites is 1. The van der Waals surface area contributed by atoms with Gasteiger partial charge in [0.2, 0.25) is 16.6 Å². The van der Waals surface area contributed by atoms with E-state index in [-0.39, 0.29) is 16.4 Å². The lowest BCUT2D eigenvalue weighted by molar-refractivity contribution is -0.724. The number of rotatable bonds is 5. The molecule has 5 rings (SSSR count). The van der Waals surface area contributed by atoms with E-state index in [9.17, 15) is 0 Å². The topological polar surface area (TPSA) is 46.4 Å². The molecule has 5 aromatic rings. The van der Waals surface area contributed by atoms with E-state index in [1.807, 2.05) is 36.9 Å². The maximum Gasteiger partial charge on any atom is 0.231 e. The first kappa shape index (κ1) is 24.9. The van der Waals surface area contributed by atoms with Crippen LogP contribution >= 0.6 is 0 Å². The van der Waals surface area contributed by atoms with Gasteiger partial charge in [-0.15, -0.1) is 0 Å². The average molecular weight is 492 g/mol. The Morgan fingerprint density at radius 1 is 0.703 bits per heavy atom. The summed E-state index contributed by atoms with van der Waals surface area (Å²) in [7, 11) is 0. The summed E-state index contributed by atoms with van der Waals surface area (Å²) in [6.45, 7) is 16.6. The molecule has 0 aliphatic rings. The molecule has 0 saturated heterocycles. The van der Waals surface area contributed by atoms with E-state index in [1.54, 1.807) is 0 Å². The third kappa shape index (κ3) is 4.59. The van der Waals surface area contributed by atoms with Gasteiger partial charge in [-0.2, -0.15) is 9.13 Å². The molecule has 2 aromatic carbocycles. The third-order valence-corrected chi connectivity index (χ3v) is 7.49. The molecule has 0 amide bonds. The Morgan fingerprint density at radius 2 is 1.49 bits per heavy atom. The van der Waals surface area contributed by atoms with Gasteiger partial charge in [0.15, 0.2) is 18.9 Å². The molecule has 5 heteroatoms. The van der Waals surface area contributed by atoms with Crippen molar-refractivity contribution in [2.45, 2.75) is 71.4 Å². The normalized spacial score (nSPS) is 12.8. The molecule has 0 spiro atoms. The zero-order valence-electron chi connectivity index (χ0n) is 23.0. The predicted octanol–water partition coefficient (Wildman–Crippen LogP) is 5.81. The quantitative estimate of drug-likeness (QED) is 0.291. The van der Waals surface area contributed by atoms with Crippen molar-refractivity contribution in [2.24, 2.45) is 0 Å². The van der Waals surface area contributed by atoms with Crippen LogP contribution in [0.3, 0.4) is 0 Å². The van der Waals surface area contributed by atoms with Crippen LogP contribution in [0.4, 0.5) is 0 Å². The van der Waals surface area contributed by atoms with Crippen molar-refractivity contribution in [1.29, 1.82) is 0 Å². The van der Waals surface area contributed by atoms with Gasteiger partial charge in [-0.3, -0.25) is 4.98 Å². The molecule has 0 N–H and O–H groups in total. The van der Waals surface area contributed by atoms with Crippen LogP contribution in [-0.4, -0.2) is 15.0 Å². The van der Waals surface area contributed by atoms with Crippen molar-refractivity contribution in [2.75, 3.05) is 0 Å². The second-order valence-electron chi connectivity index (χ2n) is 12.1. The summed E-state index contributed by atoms with van der Waals surface area (Å²) in [5.41, 5.74) is 7.46. The zero-order chi connectivity index (χ0) is 26.4. The van der Waals surface area contributed by atoms with Crippen molar-refractivity contribution in [1.82, 2.24) is 15.0 Å². The van der Waals surface area contributed by atoms with Crippen LogP contribution in [0.2, 0.25) is 0 Å². The van der Waals surface area contributed by atoms with Crippen molar-refractivity contribution in [3.05, 3.63) is 102 Å². The Hall–Kier alpha value is -3.73. The molecule has 0 fully saturated rings. The molecule has 188 valence electrons. The fourth-order valence-electron chi connectivity index (χ4n) is 5.28. The Bertz CT molecular complexity index is 1580. The molecule has 0 unspecified atom stereocenters. The number of pyridine rings is 1. The van der Waals surface area contributed by atoms with Gasteiger partial charge in [0.1, 0.15) is 16.7 Å². The minimum atomic E-state index is -0.309. The van der Waals surface area contributed by atoms with E-state index in [4.69, 9.17) is 9.97 Å². The highest BCUT2D eigenvalue weighted by Gasteiger charge is 2.35. The molecular formula is C32H37N5+2. The van der Waals surface area contributed by atoms with E-state index in [1.165, 1.54) is 11.1 Å². The van der Waals surface area contributed by atoms with Gasteiger partial charge >= 0.3 is 0 Å². The summed E-state index contributed by atoms with van der Waals surface area (Å²) in [4.78, 5) is 14.2. The first-order valence-corrected chi connectivity index (χ1v) is 13.0. The number of benzene rings is 2. The van der Waals surface area contributed by atoms with Crippen molar-refractivity contribution < 1.29 is 9.13 Å². The van der Waals surface area contributed by atoms with Crippen LogP contribution in [0.1, 0.15) is 65.3 Å². The van der Waals surface area contributed by atoms with Gasteiger partial charge in [-0.25, -0.2) is 9.97 Å². The molecule has 0 atom stereocenters. The molecule has 5 nitrogen and oxygen atoms in total. The molecule has 0 radical (unpaired) electrons. The third-order valence-electron chi connectivity index (χ3n) is 7.49. The monoisotopic (exact) mass is 491 g/mol. The van der Waals surface area contributed by atoms with Crippen molar-refractivity contribution in [3.63, 3.8) is 0 Å². The molecule has 0 saturated carbocycles. The van der Waals surface area contributed by atoms with Gasteiger partial charge < -0.3 is 0 Å². The largest absolute Gasteiger partial charge is 0.254 e. The van der Waals surface area contributed by atoms with Gasteiger partial charge in [0, 0.05) is 37.6 Å². The standard InChI is InChI=1S/C32H37N5/c1-30(2,3)24-11-10-12-27-29(24)35-17-19-36(27)22-31(4,5)23-14-15-26-25(21-23)33-18-20-37(26)32(6,7)28-13-8-9-16-34-28/h8-21H,22H2,1-7H3/q+2. The van der Waals surface area contributed by atoms with Crippen LogP contribution in [0.15, 0.2) is 85.6 Å². The lowest BCUT2D eigenvalue weighted by Crippen LogP contribution is -2.53. The van der Waals surface area contributed by atoms with Gasteiger partial charge in [-0.05, 0) is 48.6 Å². The summed E-state index contributed by atoms with van der Waals surface area (Å²) in [6.07, 6.45) is 9.82. The highest BCUT2D eigenvalue weighted by Crippen LogP contribution is 2.30. The highest BCUT2D eigenvalue weighted by atomic mass is 15.1. The summed E-state index contributed by atoms with van der Waals surface area (Å²) in [6, 6.07) is 19.3. The van der Waals surface area contributed by atoms with E-state index in [0.717, 1.165) is 34.3 Å². The first-order chi connectivity index (χ1) is 17.5. The van der Waals surface area contributed by atoms with E-state index in [0.29, 0.717) is 0 Å². The number of fused-ring (bicyclic) bond motifs is 2. The number of hydrogen-bond donors (Lipinski definition) is 0. The first-order valence-electron chi connectivity index (χ1n) is 13.0. The van der Waals surface area contributed by atoms with Crippen LogP contribution < -0.4 is 9.13 Å². The Labute approximate surface area is 219 Å².